The summed E-state index contributed by atoms with van der Waals surface area (Å²) in [5, 5.41) is 0. The van der Waals surface area contributed by atoms with Crippen LogP contribution in [0.1, 0.15) is 18.2 Å². The van der Waals surface area contributed by atoms with Crippen LogP contribution in [0.4, 0.5) is 0 Å². The minimum Gasteiger partial charge on any atom is -0.480 e. The molecule has 2 rings (SSSR count). The molecular weight excluding hydrogens is 226 g/mol. The second kappa shape index (κ2) is 5.14. The smallest absolute Gasteiger partial charge is 0.237 e. The van der Waals surface area contributed by atoms with Gasteiger partial charge in [0.15, 0.2) is 0 Å². The van der Waals surface area contributed by atoms with Crippen LogP contribution in [0.2, 0.25) is 0 Å². The van der Waals surface area contributed by atoms with Gasteiger partial charge < -0.3 is 10.5 Å². The highest BCUT2D eigenvalue weighted by atomic mass is 16.5. The van der Waals surface area contributed by atoms with Gasteiger partial charge in [-0.05, 0) is 18.9 Å². The second-order valence-electron chi connectivity index (χ2n) is 4.49. The van der Waals surface area contributed by atoms with Crippen LogP contribution in [0.25, 0.3) is 0 Å². The average molecular weight is 243 g/mol. The molecule has 0 amide bonds. The summed E-state index contributed by atoms with van der Waals surface area (Å²) in [4.78, 5) is 8.45. The lowest BCUT2D eigenvalue weighted by Crippen LogP contribution is -2.37. The van der Waals surface area contributed by atoms with Crippen molar-refractivity contribution in [2.75, 3.05) is 7.11 Å². The van der Waals surface area contributed by atoms with E-state index in [1.165, 1.54) is 0 Å². The van der Waals surface area contributed by atoms with Gasteiger partial charge >= 0.3 is 0 Å². The molecule has 0 bridgehead atoms. The number of nitrogens with two attached hydrogens (primary N) is 1. The molecule has 0 radical (unpaired) electrons. The first-order chi connectivity index (χ1) is 8.63. The molecule has 4 nitrogen and oxygen atoms in total. The minimum absolute atomic E-state index is 0.485. The quantitative estimate of drug-likeness (QED) is 0.891. The fraction of sp³-hybridized carbons (Fsp3) is 0.286. The topological polar surface area (TPSA) is 61.0 Å². The van der Waals surface area contributed by atoms with Gasteiger partial charge in [0.25, 0.3) is 0 Å². The van der Waals surface area contributed by atoms with Gasteiger partial charge in [-0.1, -0.05) is 30.3 Å². The molecule has 0 aliphatic heterocycles. The fourth-order valence-corrected chi connectivity index (χ4v) is 1.97. The van der Waals surface area contributed by atoms with E-state index in [2.05, 4.69) is 9.97 Å². The Morgan fingerprint density at radius 2 is 1.83 bits per heavy atom. The summed E-state index contributed by atoms with van der Waals surface area (Å²) in [5.74, 6) is 0.485. The number of aromatic nitrogens is 2. The van der Waals surface area contributed by atoms with Gasteiger partial charge in [0.2, 0.25) is 5.88 Å². The van der Waals surface area contributed by atoms with Gasteiger partial charge in [-0.15, -0.1) is 0 Å². The number of benzene rings is 1. The van der Waals surface area contributed by atoms with Gasteiger partial charge in [-0.2, -0.15) is 0 Å². The van der Waals surface area contributed by atoms with Crippen molar-refractivity contribution in [1.29, 1.82) is 0 Å². The molecule has 1 heterocycles. The Morgan fingerprint density at radius 3 is 2.50 bits per heavy atom. The molecule has 0 saturated heterocycles. The number of methoxy groups -OCH3 is 1. The molecule has 1 atom stereocenters. The molecule has 1 aromatic carbocycles. The van der Waals surface area contributed by atoms with Crippen molar-refractivity contribution in [2.45, 2.75) is 18.9 Å². The monoisotopic (exact) mass is 243 g/mol. The van der Waals surface area contributed by atoms with Crippen LogP contribution in [-0.4, -0.2) is 17.1 Å². The van der Waals surface area contributed by atoms with Crippen molar-refractivity contribution in [1.82, 2.24) is 9.97 Å². The molecule has 4 heteroatoms. The van der Waals surface area contributed by atoms with Crippen LogP contribution in [0.5, 0.6) is 5.88 Å². The molecule has 1 unspecified atom stereocenters. The van der Waals surface area contributed by atoms with E-state index in [0.717, 1.165) is 5.56 Å². The zero-order valence-electron chi connectivity index (χ0n) is 10.6. The van der Waals surface area contributed by atoms with Crippen molar-refractivity contribution in [3.05, 3.63) is 54.0 Å². The zero-order valence-corrected chi connectivity index (χ0v) is 10.6. The van der Waals surface area contributed by atoms with Crippen molar-refractivity contribution >= 4 is 0 Å². The van der Waals surface area contributed by atoms with Gasteiger partial charge in [0.1, 0.15) is 5.69 Å². The first-order valence-electron chi connectivity index (χ1n) is 5.82. The van der Waals surface area contributed by atoms with E-state index in [4.69, 9.17) is 10.5 Å². The van der Waals surface area contributed by atoms with E-state index in [9.17, 15) is 0 Å². The van der Waals surface area contributed by atoms with E-state index in [-0.39, 0.29) is 0 Å². The molecular formula is C14H17N3O. The molecule has 0 saturated carbocycles. The molecule has 0 spiro atoms. The summed E-state index contributed by atoms with van der Waals surface area (Å²) in [7, 11) is 1.58. The second-order valence-corrected chi connectivity index (χ2v) is 4.49. The summed E-state index contributed by atoms with van der Waals surface area (Å²) in [5.41, 5.74) is 7.59. The first-order valence-corrected chi connectivity index (χ1v) is 5.82. The highest BCUT2D eigenvalue weighted by Gasteiger charge is 2.27. The Kier molecular flexibility index (Phi) is 3.58. The van der Waals surface area contributed by atoms with Crippen molar-refractivity contribution in [3.8, 4) is 5.88 Å². The predicted octanol–water partition coefficient (Wildman–Crippen LogP) is 1.90. The number of nitrogens with zero attached hydrogens (tertiary/aromatic N) is 2. The van der Waals surface area contributed by atoms with Crippen LogP contribution in [0.3, 0.4) is 0 Å². The van der Waals surface area contributed by atoms with Crippen molar-refractivity contribution < 1.29 is 4.74 Å². The minimum atomic E-state index is -0.610. The average Bonchev–Trinajstić information content (AvgIpc) is 2.39. The van der Waals surface area contributed by atoms with Crippen LogP contribution < -0.4 is 10.5 Å². The zero-order chi connectivity index (χ0) is 13.0. The van der Waals surface area contributed by atoms with E-state index in [1.54, 1.807) is 19.5 Å². The Labute approximate surface area is 107 Å². The Balaban J connectivity index is 2.30. The summed E-state index contributed by atoms with van der Waals surface area (Å²) in [6, 6.07) is 10.1. The SMILES string of the molecule is COc1nccnc1C(C)(N)Cc1ccccc1. The number of rotatable bonds is 4. The summed E-state index contributed by atoms with van der Waals surface area (Å²) in [6.07, 6.45) is 3.91. The van der Waals surface area contributed by atoms with Crippen molar-refractivity contribution in [3.63, 3.8) is 0 Å². The molecule has 1 aromatic heterocycles. The third-order valence-corrected chi connectivity index (χ3v) is 2.81. The molecule has 0 fully saturated rings. The van der Waals surface area contributed by atoms with Gasteiger partial charge in [0.05, 0.1) is 12.6 Å². The number of ether oxygens (including phenoxy) is 1. The van der Waals surface area contributed by atoms with E-state index in [0.29, 0.717) is 18.0 Å². The predicted molar refractivity (Wildman–Crippen MR) is 70.3 cm³/mol. The summed E-state index contributed by atoms with van der Waals surface area (Å²) < 4.78 is 5.22. The Morgan fingerprint density at radius 1 is 1.17 bits per heavy atom. The largest absolute Gasteiger partial charge is 0.480 e. The normalized spacial score (nSPS) is 13.9. The number of hydrogen-bond donors (Lipinski definition) is 1. The maximum Gasteiger partial charge on any atom is 0.237 e. The molecule has 18 heavy (non-hydrogen) atoms. The Bertz CT molecular complexity index is 511. The van der Waals surface area contributed by atoms with Gasteiger partial charge in [-0.3, -0.25) is 4.98 Å². The lowest BCUT2D eigenvalue weighted by Gasteiger charge is -2.25. The van der Waals surface area contributed by atoms with Crippen LogP contribution in [-0.2, 0) is 12.0 Å². The maximum absolute atomic E-state index is 6.36. The van der Waals surface area contributed by atoms with E-state index < -0.39 is 5.54 Å². The standard InChI is InChI=1S/C14H17N3O/c1-14(15,10-11-6-4-3-5-7-11)12-13(18-2)17-9-8-16-12/h3-9H,10,15H2,1-2H3. The lowest BCUT2D eigenvalue weighted by atomic mass is 9.90. The van der Waals surface area contributed by atoms with Crippen LogP contribution in [0, 0.1) is 0 Å². The maximum atomic E-state index is 6.36. The highest BCUT2D eigenvalue weighted by Crippen LogP contribution is 2.26. The summed E-state index contributed by atoms with van der Waals surface area (Å²) in [6.45, 7) is 1.94. The summed E-state index contributed by atoms with van der Waals surface area (Å²) >= 11 is 0. The third kappa shape index (κ3) is 2.65. The molecule has 0 aliphatic carbocycles. The molecule has 2 N–H and O–H groups in total. The third-order valence-electron chi connectivity index (χ3n) is 2.81. The van der Waals surface area contributed by atoms with E-state index in [1.807, 2.05) is 37.3 Å². The first kappa shape index (κ1) is 12.5. The van der Waals surface area contributed by atoms with E-state index >= 15 is 0 Å². The van der Waals surface area contributed by atoms with Crippen LogP contribution in [0.15, 0.2) is 42.7 Å². The molecule has 0 aliphatic rings. The van der Waals surface area contributed by atoms with Crippen molar-refractivity contribution in [2.24, 2.45) is 5.73 Å². The van der Waals surface area contributed by atoms with Gasteiger partial charge in [-0.25, -0.2) is 4.98 Å². The highest BCUT2D eigenvalue weighted by molar-refractivity contribution is 5.28. The Hall–Kier alpha value is -1.94. The van der Waals surface area contributed by atoms with Gasteiger partial charge in [0, 0.05) is 12.4 Å². The lowest BCUT2D eigenvalue weighted by molar-refractivity contribution is 0.363. The molecule has 94 valence electrons. The van der Waals surface area contributed by atoms with Crippen LogP contribution >= 0.6 is 0 Å². The number of hydrogen-bond acceptors (Lipinski definition) is 4. The molecule has 2 aromatic rings. The fourth-order valence-electron chi connectivity index (χ4n) is 1.97.